The van der Waals surface area contributed by atoms with E-state index in [0.717, 1.165) is 23.3 Å². The summed E-state index contributed by atoms with van der Waals surface area (Å²) in [5, 5.41) is 3.46. The SMILES string of the molecule is Cc1sc(NC(=O)C2CC2)c(C(=O)OCC2COc3ccccc3O2)c1C. The summed E-state index contributed by atoms with van der Waals surface area (Å²) in [6, 6.07) is 7.40. The molecular weight excluding hydrogens is 366 g/mol. The second-order valence-corrected chi connectivity index (χ2v) is 8.07. The molecule has 1 aromatic carbocycles. The van der Waals surface area contributed by atoms with Crippen LogP contribution < -0.4 is 14.8 Å². The van der Waals surface area contributed by atoms with Crippen LogP contribution in [0.4, 0.5) is 5.00 Å². The Labute approximate surface area is 161 Å². The molecule has 0 spiro atoms. The Balaban J connectivity index is 1.42. The van der Waals surface area contributed by atoms with Crippen molar-refractivity contribution in [2.24, 2.45) is 5.92 Å². The number of hydrogen-bond donors (Lipinski definition) is 1. The molecule has 1 saturated carbocycles. The number of hydrogen-bond acceptors (Lipinski definition) is 6. The monoisotopic (exact) mass is 387 g/mol. The Bertz CT molecular complexity index is 886. The Kier molecular flexibility index (Phi) is 4.78. The van der Waals surface area contributed by atoms with Crippen LogP contribution in [0.3, 0.4) is 0 Å². The van der Waals surface area contributed by atoms with Crippen molar-refractivity contribution in [1.82, 2.24) is 0 Å². The molecule has 1 aliphatic heterocycles. The number of para-hydroxylation sites is 2. The number of amides is 1. The van der Waals surface area contributed by atoms with Crippen LogP contribution in [0.2, 0.25) is 0 Å². The number of anilines is 1. The van der Waals surface area contributed by atoms with Gasteiger partial charge < -0.3 is 19.5 Å². The Hall–Kier alpha value is -2.54. The molecule has 1 aromatic heterocycles. The first-order valence-corrected chi connectivity index (χ1v) is 9.81. The van der Waals surface area contributed by atoms with Crippen LogP contribution in [0.1, 0.15) is 33.6 Å². The van der Waals surface area contributed by atoms with Gasteiger partial charge >= 0.3 is 5.97 Å². The number of ether oxygens (including phenoxy) is 3. The van der Waals surface area contributed by atoms with Crippen molar-refractivity contribution in [2.45, 2.75) is 32.8 Å². The average Bonchev–Trinajstić information content (AvgIpc) is 3.47. The van der Waals surface area contributed by atoms with Crippen LogP contribution in [0, 0.1) is 19.8 Å². The zero-order chi connectivity index (χ0) is 19.0. The minimum Gasteiger partial charge on any atom is -0.486 e. The normalized spacial score (nSPS) is 18.1. The van der Waals surface area contributed by atoms with E-state index in [4.69, 9.17) is 14.2 Å². The summed E-state index contributed by atoms with van der Waals surface area (Å²) in [4.78, 5) is 25.8. The zero-order valence-electron chi connectivity index (χ0n) is 15.2. The predicted molar refractivity (Wildman–Crippen MR) is 102 cm³/mol. The molecule has 27 heavy (non-hydrogen) atoms. The van der Waals surface area contributed by atoms with Gasteiger partial charge in [0.1, 0.15) is 18.2 Å². The van der Waals surface area contributed by atoms with Gasteiger partial charge in [-0.1, -0.05) is 12.1 Å². The van der Waals surface area contributed by atoms with Gasteiger partial charge in [-0.15, -0.1) is 11.3 Å². The molecule has 0 saturated heterocycles. The Morgan fingerprint density at radius 3 is 2.70 bits per heavy atom. The van der Waals surface area contributed by atoms with E-state index in [-0.39, 0.29) is 24.5 Å². The molecule has 1 amide bonds. The van der Waals surface area contributed by atoms with Crippen molar-refractivity contribution < 1.29 is 23.8 Å². The topological polar surface area (TPSA) is 73.9 Å². The number of fused-ring (bicyclic) bond motifs is 1. The van der Waals surface area contributed by atoms with Gasteiger partial charge in [0.25, 0.3) is 0 Å². The van der Waals surface area contributed by atoms with Gasteiger partial charge in [-0.3, -0.25) is 4.79 Å². The molecule has 1 atom stereocenters. The number of benzene rings is 1. The van der Waals surface area contributed by atoms with Crippen molar-refractivity contribution in [3.05, 3.63) is 40.3 Å². The molecule has 4 rings (SSSR count). The minimum absolute atomic E-state index is 0.0223. The van der Waals surface area contributed by atoms with E-state index < -0.39 is 5.97 Å². The fourth-order valence-corrected chi connectivity index (χ4v) is 3.96. The maximum absolute atomic E-state index is 12.7. The highest BCUT2D eigenvalue weighted by atomic mass is 32.1. The van der Waals surface area contributed by atoms with Gasteiger partial charge in [0, 0.05) is 10.8 Å². The molecule has 7 heteroatoms. The number of nitrogens with one attached hydrogen (secondary N) is 1. The number of aryl methyl sites for hydroxylation is 1. The highest BCUT2D eigenvalue weighted by Crippen LogP contribution is 2.36. The summed E-state index contributed by atoms with van der Waals surface area (Å²) >= 11 is 1.41. The van der Waals surface area contributed by atoms with Crippen molar-refractivity contribution in [3.63, 3.8) is 0 Å². The van der Waals surface area contributed by atoms with E-state index in [2.05, 4.69) is 5.32 Å². The van der Waals surface area contributed by atoms with Crippen LogP contribution in [0.5, 0.6) is 11.5 Å². The van der Waals surface area contributed by atoms with E-state index in [0.29, 0.717) is 28.7 Å². The van der Waals surface area contributed by atoms with Crippen molar-refractivity contribution >= 4 is 28.2 Å². The van der Waals surface area contributed by atoms with Crippen molar-refractivity contribution in [1.29, 1.82) is 0 Å². The third kappa shape index (κ3) is 3.78. The molecule has 1 N–H and O–H groups in total. The van der Waals surface area contributed by atoms with Gasteiger partial charge in [-0.05, 0) is 44.4 Å². The fourth-order valence-electron chi connectivity index (χ4n) is 2.91. The number of carbonyl (C=O) groups excluding carboxylic acids is 2. The lowest BCUT2D eigenvalue weighted by molar-refractivity contribution is -0.117. The van der Waals surface area contributed by atoms with E-state index in [1.165, 1.54) is 11.3 Å². The number of esters is 1. The van der Waals surface area contributed by atoms with Gasteiger partial charge in [0.2, 0.25) is 5.91 Å². The largest absolute Gasteiger partial charge is 0.486 e. The molecule has 1 fully saturated rings. The number of rotatable bonds is 5. The molecule has 1 aliphatic carbocycles. The van der Waals surface area contributed by atoms with E-state index in [9.17, 15) is 9.59 Å². The average molecular weight is 387 g/mol. The lowest BCUT2D eigenvalue weighted by Crippen LogP contribution is -2.34. The maximum Gasteiger partial charge on any atom is 0.341 e. The summed E-state index contributed by atoms with van der Waals surface area (Å²) in [6.45, 7) is 4.19. The quantitative estimate of drug-likeness (QED) is 0.792. The first kappa shape index (κ1) is 17.9. The molecule has 2 aliphatic rings. The van der Waals surface area contributed by atoms with Crippen LogP contribution in [-0.4, -0.2) is 31.2 Å². The summed E-state index contributed by atoms with van der Waals surface area (Å²) in [7, 11) is 0. The summed E-state index contributed by atoms with van der Waals surface area (Å²) in [5.74, 6) is 0.931. The molecule has 1 unspecified atom stereocenters. The highest BCUT2D eigenvalue weighted by molar-refractivity contribution is 7.16. The summed E-state index contributed by atoms with van der Waals surface area (Å²) in [5.41, 5.74) is 1.27. The molecule has 0 bridgehead atoms. The first-order valence-electron chi connectivity index (χ1n) is 8.99. The van der Waals surface area contributed by atoms with Crippen LogP contribution >= 0.6 is 11.3 Å². The van der Waals surface area contributed by atoms with Gasteiger partial charge in [-0.2, -0.15) is 0 Å². The molecule has 2 aromatic rings. The lowest BCUT2D eigenvalue weighted by Gasteiger charge is -2.26. The maximum atomic E-state index is 12.7. The van der Waals surface area contributed by atoms with Gasteiger partial charge in [0.05, 0.1) is 5.56 Å². The molecule has 2 heterocycles. The zero-order valence-corrected chi connectivity index (χ0v) is 16.1. The summed E-state index contributed by atoms with van der Waals surface area (Å²) in [6.07, 6.45) is 1.46. The number of thiophene rings is 1. The van der Waals surface area contributed by atoms with Gasteiger partial charge in [-0.25, -0.2) is 4.79 Å². The standard InChI is InChI=1S/C20H21NO5S/c1-11-12(2)27-19(21-18(22)13-7-8-13)17(11)20(23)25-10-14-9-24-15-5-3-4-6-16(15)26-14/h3-6,13-14H,7-10H2,1-2H3,(H,21,22). The van der Waals surface area contributed by atoms with Crippen LogP contribution in [-0.2, 0) is 9.53 Å². The number of carbonyl (C=O) groups is 2. The Morgan fingerprint density at radius 2 is 1.96 bits per heavy atom. The Morgan fingerprint density at radius 1 is 1.22 bits per heavy atom. The minimum atomic E-state index is -0.453. The van der Waals surface area contributed by atoms with Crippen LogP contribution in [0.15, 0.2) is 24.3 Å². The predicted octanol–water partition coefficient (Wildman–Crippen LogP) is 3.71. The highest BCUT2D eigenvalue weighted by Gasteiger charge is 2.32. The van der Waals surface area contributed by atoms with Crippen molar-refractivity contribution in [2.75, 3.05) is 18.5 Å². The molecule has 6 nitrogen and oxygen atoms in total. The molecule has 142 valence electrons. The van der Waals surface area contributed by atoms with E-state index in [1.54, 1.807) is 0 Å². The molecule has 0 radical (unpaired) electrons. The third-order valence-corrected chi connectivity index (χ3v) is 5.86. The van der Waals surface area contributed by atoms with Crippen LogP contribution in [0.25, 0.3) is 0 Å². The molecular formula is C20H21NO5S. The summed E-state index contributed by atoms with van der Waals surface area (Å²) < 4.78 is 16.9. The second kappa shape index (κ2) is 7.23. The fraction of sp³-hybridized carbons (Fsp3) is 0.400. The smallest absolute Gasteiger partial charge is 0.341 e. The second-order valence-electron chi connectivity index (χ2n) is 6.85. The van der Waals surface area contributed by atoms with Gasteiger partial charge in [0.15, 0.2) is 17.6 Å². The first-order chi connectivity index (χ1) is 13.0. The van der Waals surface area contributed by atoms with Crippen molar-refractivity contribution in [3.8, 4) is 11.5 Å². The van der Waals surface area contributed by atoms with E-state index >= 15 is 0 Å². The van der Waals surface area contributed by atoms with E-state index in [1.807, 2.05) is 38.1 Å². The third-order valence-electron chi connectivity index (χ3n) is 4.74. The lowest BCUT2D eigenvalue weighted by atomic mass is 10.1.